The van der Waals surface area contributed by atoms with Gasteiger partial charge in [0.25, 0.3) is 5.91 Å². The minimum atomic E-state index is -0.00428. The number of aromatic nitrogens is 5. The van der Waals surface area contributed by atoms with Gasteiger partial charge in [-0.25, -0.2) is 0 Å². The second kappa shape index (κ2) is 7.32. The maximum Gasteiger partial charge on any atom is 0.271 e. The summed E-state index contributed by atoms with van der Waals surface area (Å²) in [5.74, 6) is 0.686. The Kier molecular flexibility index (Phi) is 4.51. The topological polar surface area (TPSA) is 82.9 Å². The molecule has 29 heavy (non-hydrogen) atoms. The van der Waals surface area contributed by atoms with Crippen molar-refractivity contribution in [1.29, 1.82) is 0 Å². The van der Waals surface area contributed by atoms with Crippen LogP contribution in [0.25, 0.3) is 16.6 Å². The van der Waals surface area contributed by atoms with E-state index in [1.54, 1.807) is 4.68 Å². The zero-order valence-electron chi connectivity index (χ0n) is 15.5. The lowest BCUT2D eigenvalue weighted by Gasteiger charge is -2.34. The SMILES string of the molecule is O=C(c1[nH]c2ccccc2c1Br)N1CCN(c2nnnn2-c2ccccc2)CC1. The Morgan fingerprint density at radius 2 is 1.69 bits per heavy atom. The number of amides is 1. The number of hydrogen-bond donors (Lipinski definition) is 1. The van der Waals surface area contributed by atoms with Crippen molar-refractivity contribution in [2.45, 2.75) is 0 Å². The summed E-state index contributed by atoms with van der Waals surface area (Å²) in [6, 6.07) is 17.7. The number of benzene rings is 2. The molecule has 4 aromatic rings. The van der Waals surface area contributed by atoms with Gasteiger partial charge in [0.15, 0.2) is 0 Å². The van der Waals surface area contributed by atoms with Gasteiger partial charge in [-0.3, -0.25) is 4.79 Å². The Hall–Kier alpha value is -3.20. The first-order valence-corrected chi connectivity index (χ1v) is 10.2. The van der Waals surface area contributed by atoms with Crippen LogP contribution in [0.3, 0.4) is 0 Å². The molecule has 0 unspecified atom stereocenters. The zero-order chi connectivity index (χ0) is 19.8. The molecule has 1 amide bonds. The highest BCUT2D eigenvalue weighted by molar-refractivity contribution is 9.10. The van der Waals surface area contributed by atoms with Crippen molar-refractivity contribution in [2.75, 3.05) is 31.1 Å². The fourth-order valence-electron chi connectivity index (χ4n) is 3.64. The average Bonchev–Trinajstić information content (AvgIpc) is 3.39. The summed E-state index contributed by atoms with van der Waals surface area (Å²) in [4.78, 5) is 20.3. The third-order valence-electron chi connectivity index (χ3n) is 5.16. The largest absolute Gasteiger partial charge is 0.350 e. The van der Waals surface area contributed by atoms with Crippen LogP contribution >= 0.6 is 15.9 Å². The van der Waals surface area contributed by atoms with Crippen molar-refractivity contribution in [3.05, 3.63) is 64.8 Å². The predicted molar refractivity (Wildman–Crippen MR) is 113 cm³/mol. The number of tetrazole rings is 1. The van der Waals surface area contributed by atoms with Crippen LogP contribution in [0.2, 0.25) is 0 Å². The molecule has 146 valence electrons. The lowest BCUT2D eigenvalue weighted by Crippen LogP contribution is -2.49. The summed E-state index contributed by atoms with van der Waals surface area (Å²) in [6.45, 7) is 2.53. The number of para-hydroxylation sites is 2. The van der Waals surface area contributed by atoms with Crippen LogP contribution in [0.15, 0.2) is 59.1 Å². The molecule has 1 saturated heterocycles. The number of halogens is 1. The van der Waals surface area contributed by atoms with Gasteiger partial charge in [-0.05, 0) is 44.6 Å². The number of anilines is 1. The van der Waals surface area contributed by atoms with Crippen LogP contribution in [0.5, 0.6) is 0 Å². The highest BCUT2D eigenvalue weighted by Gasteiger charge is 2.27. The van der Waals surface area contributed by atoms with E-state index in [0.717, 1.165) is 21.1 Å². The molecule has 0 aliphatic carbocycles. The number of nitrogens with one attached hydrogen (secondary N) is 1. The highest BCUT2D eigenvalue weighted by Crippen LogP contribution is 2.29. The number of fused-ring (bicyclic) bond motifs is 1. The fraction of sp³-hybridized carbons (Fsp3) is 0.200. The van der Waals surface area contributed by atoms with E-state index in [0.29, 0.717) is 37.8 Å². The standard InChI is InChI=1S/C20H18BrN7O/c21-17-15-8-4-5-9-16(15)22-18(17)19(29)26-10-12-27(13-11-26)20-23-24-25-28(20)14-6-2-1-3-7-14/h1-9,22H,10-13H2. The van der Waals surface area contributed by atoms with E-state index < -0.39 is 0 Å². The lowest BCUT2D eigenvalue weighted by atomic mass is 10.2. The van der Waals surface area contributed by atoms with Crippen LogP contribution in [-0.2, 0) is 0 Å². The lowest BCUT2D eigenvalue weighted by molar-refractivity contribution is 0.0740. The van der Waals surface area contributed by atoms with Crippen molar-refractivity contribution in [3.63, 3.8) is 0 Å². The van der Waals surface area contributed by atoms with Crippen molar-refractivity contribution in [2.24, 2.45) is 0 Å². The molecule has 3 heterocycles. The van der Waals surface area contributed by atoms with Crippen LogP contribution in [0.4, 0.5) is 5.95 Å². The molecule has 5 rings (SSSR count). The molecule has 0 saturated carbocycles. The van der Waals surface area contributed by atoms with E-state index in [-0.39, 0.29) is 5.91 Å². The van der Waals surface area contributed by atoms with Crippen molar-refractivity contribution in [1.82, 2.24) is 30.1 Å². The van der Waals surface area contributed by atoms with Crippen LogP contribution in [-0.4, -0.2) is 62.2 Å². The molecule has 0 radical (unpaired) electrons. The number of carbonyl (C=O) groups is 1. The number of piperazine rings is 1. The molecule has 2 aromatic carbocycles. The molecule has 0 atom stereocenters. The minimum absolute atomic E-state index is 0.00428. The van der Waals surface area contributed by atoms with E-state index in [9.17, 15) is 4.79 Å². The van der Waals surface area contributed by atoms with Crippen molar-refractivity contribution in [3.8, 4) is 5.69 Å². The van der Waals surface area contributed by atoms with E-state index in [4.69, 9.17) is 0 Å². The Morgan fingerprint density at radius 3 is 2.45 bits per heavy atom. The van der Waals surface area contributed by atoms with Gasteiger partial charge in [-0.2, -0.15) is 4.68 Å². The Morgan fingerprint density at radius 1 is 0.966 bits per heavy atom. The third-order valence-corrected chi connectivity index (χ3v) is 5.98. The number of hydrogen-bond acceptors (Lipinski definition) is 5. The van der Waals surface area contributed by atoms with Gasteiger partial charge in [-0.15, -0.1) is 0 Å². The Labute approximate surface area is 175 Å². The van der Waals surface area contributed by atoms with Gasteiger partial charge in [0.05, 0.1) is 10.2 Å². The van der Waals surface area contributed by atoms with Gasteiger partial charge in [0.2, 0.25) is 5.95 Å². The van der Waals surface area contributed by atoms with Gasteiger partial charge in [0.1, 0.15) is 5.69 Å². The van der Waals surface area contributed by atoms with Gasteiger partial charge in [0, 0.05) is 37.1 Å². The van der Waals surface area contributed by atoms with E-state index >= 15 is 0 Å². The first-order chi connectivity index (χ1) is 14.2. The maximum absolute atomic E-state index is 13.1. The number of H-pyrrole nitrogens is 1. The first kappa shape index (κ1) is 17.9. The molecule has 1 N–H and O–H groups in total. The molecule has 9 heteroatoms. The molecular weight excluding hydrogens is 434 g/mol. The van der Waals surface area contributed by atoms with E-state index in [1.807, 2.05) is 59.5 Å². The maximum atomic E-state index is 13.1. The van der Waals surface area contributed by atoms with Crippen LogP contribution in [0.1, 0.15) is 10.5 Å². The number of nitrogens with zero attached hydrogens (tertiary/aromatic N) is 6. The van der Waals surface area contributed by atoms with Crippen LogP contribution < -0.4 is 4.90 Å². The normalized spacial score (nSPS) is 14.5. The highest BCUT2D eigenvalue weighted by atomic mass is 79.9. The summed E-state index contributed by atoms with van der Waals surface area (Å²) in [5.41, 5.74) is 2.45. The number of aromatic amines is 1. The van der Waals surface area contributed by atoms with Gasteiger partial charge < -0.3 is 14.8 Å². The molecule has 8 nitrogen and oxygen atoms in total. The summed E-state index contributed by atoms with van der Waals surface area (Å²) in [5, 5.41) is 13.2. The second-order valence-corrected chi connectivity index (χ2v) is 7.66. The van der Waals surface area contributed by atoms with Gasteiger partial charge >= 0.3 is 0 Å². The number of carbonyl (C=O) groups excluding carboxylic acids is 1. The quantitative estimate of drug-likeness (QED) is 0.517. The molecular formula is C20H18BrN7O. The summed E-state index contributed by atoms with van der Waals surface area (Å²) in [7, 11) is 0. The van der Waals surface area contributed by atoms with E-state index in [1.165, 1.54) is 0 Å². The number of rotatable bonds is 3. The fourth-order valence-corrected chi connectivity index (χ4v) is 4.25. The Bertz CT molecular complexity index is 1160. The summed E-state index contributed by atoms with van der Waals surface area (Å²) < 4.78 is 2.54. The molecule has 1 aliphatic rings. The predicted octanol–water partition coefficient (Wildman–Crippen LogP) is 2.87. The van der Waals surface area contributed by atoms with Crippen molar-refractivity contribution >= 4 is 38.7 Å². The van der Waals surface area contributed by atoms with Gasteiger partial charge in [-0.1, -0.05) is 41.5 Å². The van der Waals surface area contributed by atoms with Crippen LogP contribution in [0, 0.1) is 0 Å². The molecule has 0 spiro atoms. The van der Waals surface area contributed by atoms with Crippen molar-refractivity contribution < 1.29 is 4.79 Å². The molecule has 1 fully saturated rings. The Balaban J connectivity index is 1.33. The third kappa shape index (κ3) is 3.17. The first-order valence-electron chi connectivity index (χ1n) is 9.36. The molecule has 2 aromatic heterocycles. The van der Waals surface area contributed by atoms with E-state index in [2.05, 4.69) is 41.3 Å². The monoisotopic (exact) mass is 451 g/mol. The summed E-state index contributed by atoms with van der Waals surface area (Å²) in [6.07, 6.45) is 0. The average molecular weight is 452 g/mol. The summed E-state index contributed by atoms with van der Waals surface area (Å²) >= 11 is 3.58. The zero-order valence-corrected chi connectivity index (χ0v) is 17.1. The minimum Gasteiger partial charge on any atom is -0.350 e. The molecule has 1 aliphatic heterocycles. The second-order valence-electron chi connectivity index (χ2n) is 6.87. The molecule has 0 bridgehead atoms. The smallest absolute Gasteiger partial charge is 0.271 e.